The second kappa shape index (κ2) is 7.87. The van der Waals surface area contributed by atoms with Crippen LogP contribution >= 0.6 is 0 Å². The van der Waals surface area contributed by atoms with Gasteiger partial charge in [-0.15, -0.1) is 0 Å². The number of hydrogen-bond donors (Lipinski definition) is 2. The summed E-state index contributed by atoms with van der Waals surface area (Å²) in [6.45, 7) is 2.98. The molecule has 1 aliphatic rings. The molecular formula is C17H23N5O. The van der Waals surface area contributed by atoms with Crippen LogP contribution in [0.1, 0.15) is 30.0 Å². The van der Waals surface area contributed by atoms with E-state index in [9.17, 15) is 4.79 Å². The number of amides is 1. The summed E-state index contributed by atoms with van der Waals surface area (Å²) in [5.41, 5.74) is 2.26. The molecule has 1 fully saturated rings. The van der Waals surface area contributed by atoms with Crippen molar-refractivity contribution in [1.29, 1.82) is 0 Å². The normalized spacial score (nSPS) is 17.8. The Morgan fingerprint density at radius 1 is 1.35 bits per heavy atom. The molecule has 0 aliphatic carbocycles. The minimum atomic E-state index is -0.00419. The molecule has 0 bridgehead atoms. The highest BCUT2D eigenvalue weighted by Crippen LogP contribution is 2.21. The van der Waals surface area contributed by atoms with Crippen LogP contribution < -0.4 is 10.6 Å². The lowest BCUT2D eigenvalue weighted by Crippen LogP contribution is -2.30. The molecule has 0 aromatic carbocycles. The van der Waals surface area contributed by atoms with Gasteiger partial charge in [-0.05, 0) is 49.6 Å². The molecular weight excluding hydrogens is 290 g/mol. The van der Waals surface area contributed by atoms with Crippen LogP contribution in [-0.4, -0.2) is 40.3 Å². The summed E-state index contributed by atoms with van der Waals surface area (Å²) in [5.74, 6) is 0.468. The highest BCUT2D eigenvalue weighted by atomic mass is 16.2. The number of pyridine rings is 1. The van der Waals surface area contributed by atoms with Crippen LogP contribution in [0, 0.1) is 0 Å². The minimum absolute atomic E-state index is 0.00419. The Balaban J connectivity index is 1.43. The van der Waals surface area contributed by atoms with Gasteiger partial charge in [-0.1, -0.05) is 0 Å². The van der Waals surface area contributed by atoms with Gasteiger partial charge < -0.3 is 10.6 Å². The third-order valence-corrected chi connectivity index (χ3v) is 4.17. The van der Waals surface area contributed by atoms with E-state index < -0.39 is 0 Å². The zero-order valence-electron chi connectivity index (χ0n) is 13.2. The third kappa shape index (κ3) is 4.63. The van der Waals surface area contributed by atoms with Crippen LogP contribution in [0.3, 0.4) is 0 Å². The third-order valence-electron chi connectivity index (χ3n) is 4.17. The van der Waals surface area contributed by atoms with Gasteiger partial charge in [0.1, 0.15) is 6.54 Å². The zero-order valence-corrected chi connectivity index (χ0v) is 13.2. The van der Waals surface area contributed by atoms with Crippen LogP contribution in [0.2, 0.25) is 0 Å². The maximum Gasteiger partial charge on any atom is 0.241 e. The number of hydrogen-bond acceptors (Lipinski definition) is 4. The average Bonchev–Trinajstić information content (AvgIpc) is 3.05. The lowest BCUT2D eigenvalue weighted by atomic mass is 9.97. The summed E-state index contributed by atoms with van der Waals surface area (Å²) in [4.78, 5) is 16.0. The van der Waals surface area contributed by atoms with E-state index in [0.717, 1.165) is 25.2 Å². The molecule has 6 nitrogen and oxygen atoms in total. The molecule has 1 atom stereocenters. The molecule has 3 heterocycles. The van der Waals surface area contributed by atoms with Gasteiger partial charge in [0, 0.05) is 37.6 Å². The van der Waals surface area contributed by atoms with Gasteiger partial charge in [0.15, 0.2) is 0 Å². The van der Waals surface area contributed by atoms with Crippen molar-refractivity contribution in [2.75, 3.05) is 19.6 Å². The van der Waals surface area contributed by atoms with E-state index in [0.29, 0.717) is 12.5 Å². The Hall–Kier alpha value is -2.21. The molecule has 23 heavy (non-hydrogen) atoms. The van der Waals surface area contributed by atoms with Gasteiger partial charge in [0.2, 0.25) is 5.91 Å². The highest BCUT2D eigenvalue weighted by molar-refractivity contribution is 5.75. The molecule has 1 amide bonds. The largest absolute Gasteiger partial charge is 0.354 e. The monoisotopic (exact) mass is 313 g/mol. The molecule has 2 N–H and O–H groups in total. The fourth-order valence-corrected chi connectivity index (χ4v) is 2.89. The minimum Gasteiger partial charge on any atom is -0.354 e. The topological polar surface area (TPSA) is 71.8 Å². The van der Waals surface area contributed by atoms with E-state index in [1.54, 1.807) is 17.1 Å². The number of carbonyl (C=O) groups is 1. The fraction of sp³-hybridized carbons (Fsp3) is 0.471. The zero-order chi connectivity index (χ0) is 15.9. The molecule has 0 spiro atoms. The maximum atomic E-state index is 12.0. The molecule has 1 saturated heterocycles. The van der Waals surface area contributed by atoms with Crippen LogP contribution in [0.5, 0.6) is 0 Å². The molecule has 0 unspecified atom stereocenters. The van der Waals surface area contributed by atoms with Crippen molar-refractivity contribution in [3.8, 4) is 0 Å². The number of piperidine rings is 1. The quantitative estimate of drug-likeness (QED) is 0.838. The van der Waals surface area contributed by atoms with E-state index in [2.05, 4.69) is 20.7 Å². The van der Waals surface area contributed by atoms with Crippen molar-refractivity contribution in [1.82, 2.24) is 25.4 Å². The average molecular weight is 313 g/mol. The van der Waals surface area contributed by atoms with Crippen molar-refractivity contribution >= 4 is 5.91 Å². The predicted molar refractivity (Wildman–Crippen MR) is 88.0 cm³/mol. The lowest BCUT2D eigenvalue weighted by Gasteiger charge is -2.20. The second-order valence-electron chi connectivity index (χ2n) is 5.94. The summed E-state index contributed by atoms with van der Waals surface area (Å²) >= 11 is 0. The number of aromatic nitrogens is 3. The number of rotatable bonds is 6. The van der Waals surface area contributed by atoms with Gasteiger partial charge in [0.25, 0.3) is 0 Å². The maximum absolute atomic E-state index is 12.0. The van der Waals surface area contributed by atoms with Crippen molar-refractivity contribution in [2.24, 2.45) is 0 Å². The van der Waals surface area contributed by atoms with Gasteiger partial charge >= 0.3 is 0 Å². The van der Waals surface area contributed by atoms with Crippen LogP contribution in [0.25, 0.3) is 0 Å². The van der Waals surface area contributed by atoms with Crippen molar-refractivity contribution in [3.05, 3.63) is 48.0 Å². The number of nitrogens with one attached hydrogen (secondary N) is 2. The summed E-state index contributed by atoms with van der Waals surface area (Å²) in [6, 6.07) is 5.95. The molecule has 2 aromatic heterocycles. The van der Waals surface area contributed by atoms with Crippen LogP contribution in [-0.2, 0) is 17.8 Å². The smallest absolute Gasteiger partial charge is 0.241 e. The number of nitrogens with zero attached hydrogens (tertiary/aromatic N) is 3. The summed E-state index contributed by atoms with van der Waals surface area (Å²) in [6.07, 6.45) is 8.60. The highest BCUT2D eigenvalue weighted by Gasteiger charge is 2.17. The predicted octanol–water partition coefficient (Wildman–Crippen LogP) is 1.10. The van der Waals surface area contributed by atoms with Crippen molar-refractivity contribution in [3.63, 3.8) is 0 Å². The number of carbonyl (C=O) groups excluding carboxylic acids is 1. The first-order valence-electron chi connectivity index (χ1n) is 8.21. The molecule has 0 saturated carbocycles. The van der Waals surface area contributed by atoms with E-state index in [4.69, 9.17) is 0 Å². The van der Waals surface area contributed by atoms with Crippen LogP contribution in [0.15, 0.2) is 36.8 Å². The van der Waals surface area contributed by atoms with Crippen molar-refractivity contribution in [2.45, 2.75) is 31.7 Å². The van der Waals surface area contributed by atoms with E-state index in [-0.39, 0.29) is 12.5 Å². The molecule has 2 aromatic rings. The first-order chi connectivity index (χ1) is 11.3. The summed E-state index contributed by atoms with van der Waals surface area (Å²) in [5, 5.41) is 10.9. The second-order valence-corrected chi connectivity index (χ2v) is 5.94. The molecule has 0 radical (unpaired) electrons. The Morgan fingerprint density at radius 2 is 2.22 bits per heavy atom. The molecule has 122 valence electrons. The SMILES string of the molecule is O=C(Cn1ccc([C@H]2CCCNC2)n1)NCCc1ccncc1. The summed E-state index contributed by atoms with van der Waals surface area (Å²) < 4.78 is 1.73. The van der Waals surface area contributed by atoms with Gasteiger partial charge in [-0.25, -0.2) is 0 Å². The fourth-order valence-electron chi connectivity index (χ4n) is 2.89. The van der Waals surface area contributed by atoms with Crippen LogP contribution in [0.4, 0.5) is 0 Å². The Bertz CT molecular complexity index is 619. The Labute approximate surface area is 136 Å². The van der Waals surface area contributed by atoms with Crippen molar-refractivity contribution < 1.29 is 4.79 Å². The Kier molecular flexibility index (Phi) is 5.37. The van der Waals surface area contributed by atoms with E-state index in [1.807, 2.05) is 24.4 Å². The molecule has 3 rings (SSSR count). The lowest BCUT2D eigenvalue weighted by molar-refractivity contribution is -0.121. The molecule has 6 heteroatoms. The first-order valence-corrected chi connectivity index (χ1v) is 8.21. The Morgan fingerprint density at radius 3 is 3.00 bits per heavy atom. The summed E-state index contributed by atoms with van der Waals surface area (Å²) in [7, 11) is 0. The van der Waals surface area contributed by atoms with Gasteiger partial charge in [-0.3, -0.25) is 14.5 Å². The van der Waals surface area contributed by atoms with Gasteiger partial charge in [0.05, 0.1) is 5.69 Å². The van der Waals surface area contributed by atoms with E-state index in [1.165, 1.54) is 18.4 Å². The standard InChI is InChI=1S/C17H23N5O/c23-17(20-10-5-14-3-8-18-9-4-14)13-22-11-6-16(21-22)15-2-1-7-19-12-15/h3-4,6,8-9,11,15,19H,1-2,5,7,10,12-13H2,(H,20,23)/t15-/m0/s1. The van der Waals surface area contributed by atoms with E-state index >= 15 is 0 Å². The molecule has 1 aliphatic heterocycles. The first kappa shape index (κ1) is 15.7. The van der Waals surface area contributed by atoms with Gasteiger partial charge in [-0.2, -0.15) is 5.10 Å².